The number of nitrogens with zero attached hydrogens (tertiary/aromatic N) is 1. The number of rotatable bonds is 4. The summed E-state index contributed by atoms with van der Waals surface area (Å²) in [5.74, 6) is 1.50. The van der Waals surface area contributed by atoms with Crippen LogP contribution in [0.15, 0.2) is 0 Å². The maximum atomic E-state index is 5.70. The third-order valence-corrected chi connectivity index (χ3v) is 3.80. The molecule has 0 spiro atoms. The fourth-order valence-electron chi connectivity index (χ4n) is 2.53. The van der Waals surface area contributed by atoms with Gasteiger partial charge in [-0.1, -0.05) is 6.42 Å². The molecule has 82 valence electrons. The molecule has 0 aromatic carbocycles. The van der Waals surface area contributed by atoms with Crippen molar-refractivity contribution in [1.29, 1.82) is 0 Å². The van der Waals surface area contributed by atoms with Crippen molar-refractivity contribution in [2.24, 2.45) is 5.73 Å². The fraction of sp³-hybridized carbons (Fsp3) is 0.750. The summed E-state index contributed by atoms with van der Waals surface area (Å²) in [6.45, 7) is 0.749. The highest BCUT2D eigenvalue weighted by atomic mass is 15.1. The van der Waals surface area contributed by atoms with Crippen molar-refractivity contribution >= 4 is 0 Å². The molecule has 2 aliphatic carbocycles. The average Bonchev–Trinajstić information content (AvgIpc) is 2.91. The summed E-state index contributed by atoms with van der Waals surface area (Å²) in [6, 6.07) is 0. The van der Waals surface area contributed by atoms with Crippen LogP contribution in [-0.2, 0) is 6.42 Å². The van der Waals surface area contributed by atoms with Gasteiger partial charge in [-0.3, -0.25) is 5.10 Å². The Morgan fingerprint density at radius 3 is 2.53 bits per heavy atom. The molecule has 3 nitrogen and oxygen atoms in total. The van der Waals surface area contributed by atoms with Crippen molar-refractivity contribution in [1.82, 2.24) is 10.2 Å². The first-order valence-electron chi connectivity index (χ1n) is 6.17. The molecule has 3 rings (SSSR count). The molecule has 2 saturated carbocycles. The topological polar surface area (TPSA) is 54.7 Å². The zero-order chi connectivity index (χ0) is 10.3. The Morgan fingerprint density at radius 2 is 2.00 bits per heavy atom. The van der Waals surface area contributed by atoms with Crippen LogP contribution in [0.25, 0.3) is 0 Å². The lowest BCUT2D eigenvalue weighted by atomic mass is 9.80. The molecule has 0 aliphatic heterocycles. The van der Waals surface area contributed by atoms with Crippen LogP contribution in [0.4, 0.5) is 0 Å². The minimum Gasteiger partial charge on any atom is -0.330 e. The molecular weight excluding hydrogens is 186 g/mol. The maximum Gasteiger partial charge on any atom is 0.0688 e. The molecular formula is C12H19N3. The van der Waals surface area contributed by atoms with E-state index >= 15 is 0 Å². The Morgan fingerprint density at radius 1 is 1.20 bits per heavy atom. The van der Waals surface area contributed by atoms with Crippen molar-refractivity contribution in [3.63, 3.8) is 0 Å². The largest absolute Gasteiger partial charge is 0.330 e. The minimum atomic E-state index is 0.732. The summed E-state index contributed by atoms with van der Waals surface area (Å²) in [5, 5.41) is 7.80. The van der Waals surface area contributed by atoms with E-state index in [4.69, 9.17) is 5.73 Å². The van der Waals surface area contributed by atoms with Gasteiger partial charge in [0.1, 0.15) is 0 Å². The molecule has 1 aromatic rings. The van der Waals surface area contributed by atoms with Gasteiger partial charge in [-0.25, -0.2) is 0 Å². The SMILES string of the molecule is NCCc1c(C2CCC2)n[nH]c1C1CC1. The minimum absolute atomic E-state index is 0.732. The molecule has 0 saturated heterocycles. The van der Waals surface area contributed by atoms with E-state index in [1.54, 1.807) is 0 Å². The first-order chi connectivity index (χ1) is 7.40. The number of hydrogen-bond donors (Lipinski definition) is 2. The molecule has 0 radical (unpaired) electrons. The summed E-state index contributed by atoms with van der Waals surface area (Å²) in [5.41, 5.74) is 9.90. The lowest BCUT2D eigenvalue weighted by Gasteiger charge is -2.24. The molecule has 0 bridgehead atoms. The number of hydrogen-bond acceptors (Lipinski definition) is 2. The monoisotopic (exact) mass is 205 g/mol. The van der Waals surface area contributed by atoms with Crippen molar-refractivity contribution in [2.75, 3.05) is 6.54 Å². The Bertz CT molecular complexity index is 348. The molecule has 3 heteroatoms. The Kier molecular flexibility index (Phi) is 2.28. The lowest BCUT2D eigenvalue weighted by molar-refractivity contribution is 0.408. The number of aromatic amines is 1. The molecule has 0 unspecified atom stereocenters. The van der Waals surface area contributed by atoms with Crippen molar-refractivity contribution in [3.8, 4) is 0 Å². The Balaban J connectivity index is 1.90. The van der Waals surface area contributed by atoms with Crippen molar-refractivity contribution < 1.29 is 0 Å². The standard InChI is InChI=1S/C12H19N3/c13-7-6-10-11(8-2-1-3-8)14-15-12(10)9-4-5-9/h8-9H,1-7,13H2,(H,14,15). The van der Waals surface area contributed by atoms with E-state index in [0.29, 0.717) is 0 Å². The molecule has 2 fully saturated rings. The number of nitrogens with one attached hydrogen (secondary N) is 1. The highest BCUT2D eigenvalue weighted by Crippen LogP contribution is 2.44. The number of nitrogens with two attached hydrogens (primary N) is 1. The highest BCUT2D eigenvalue weighted by molar-refractivity contribution is 5.34. The summed E-state index contributed by atoms with van der Waals surface area (Å²) in [4.78, 5) is 0. The van der Waals surface area contributed by atoms with E-state index in [-0.39, 0.29) is 0 Å². The third kappa shape index (κ3) is 1.59. The highest BCUT2D eigenvalue weighted by Gasteiger charge is 2.32. The predicted molar refractivity (Wildman–Crippen MR) is 59.9 cm³/mol. The molecule has 2 aliphatic rings. The maximum absolute atomic E-state index is 5.70. The van der Waals surface area contributed by atoms with Crippen LogP contribution in [0, 0.1) is 0 Å². The van der Waals surface area contributed by atoms with Crippen LogP contribution >= 0.6 is 0 Å². The summed E-state index contributed by atoms with van der Waals surface area (Å²) in [7, 11) is 0. The van der Waals surface area contributed by atoms with Gasteiger partial charge in [0.05, 0.1) is 5.69 Å². The van der Waals surface area contributed by atoms with Gasteiger partial charge in [-0.2, -0.15) is 5.10 Å². The normalized spacial score (nSPS) is 21.7. The smallest absolute Gasteiger partial charge is 0.0688 e. The van der Waals surface area contributed by atoms with Crippen LogP contribution in [0.5, 0.6) is 0 Å². The van der Waals surface area contributed by atoms with Crippen LogP contribution in [0.3, 0.4) is 0 Å². The second-order valence-electron chi connectivity index (χ2n) is 4.94. The van der Waals surface area contributed by atoms with E-state index in [1.165, 1.54) is 49.1 Å². The van der Waals surface area contributed by atoms with Gasteiger partial charge >= 0.3 is 0 Å². The van der Waals surface area contributed by atoms with E-state index < -0.39 is 0 Å². The van der Waals surface area contributed by atoms with Gasteiger partial charge in [-0.05, 0) is 44.2 Å². The van der Waals surface area contributed by atoms with Gasteiger partial charge < -0.3 is 5.73 Å². The fourth-order valence-corrected chi connectivity index (χ4v) is 2.53. The first-order valence-corrected chi connectivity index (χ1v) is 6.17. The first kappa shape index (κ1) is 9.40. The van der Waals surface area contributed by atoms with Crippen LogP contribution in [0.1, 0.15) is 60.9 Å². The molecule has 3 N–H and O–H groups in total. The molecule has 15 heavy (non-hydrogen) atoms. The van der Waals surface area contributed by atoms with Gasteiger partial charge in [0.25, 0.3) is 0 Å². The van der Waals surface area contributed by atoms with Gasteiger partial charge in [0.2, 0.25) is 0 Å². The van der Waals surface area contributed by atoms with Gasteiger partial charge in [0, 0.05) is 17.5 Å². The van der Waals surface area contributed by atoms with E-state index in [1.807, 2.05) is 0 Å². The van der Waals surface area contributed by atoms with E-state index in [0.717, 1.165) is 24.8 Å². The number of aromatic nitrogens is 2. The average molecular weight is 205 g/mol. The second kappa shape index (κ2) is 3.63. The third-order valence-electron chi connectivity index (χ3n) is 3.80. The Hall–Kier alpha value is -0.830. The molecule has 0 atom stereocenters. The van der Waals surface area contributed by atoms with E-state index in [9.17, 15) is 0 Å². The summed E-state index contributed by atoms with van der Waals surface area (Å²) >= 11 is 0. The second-order valence-corrected chi connectivity index (χ2v) is 4.94. The Labute approximate surface area is 90.4 Å². The van der Waals surface area contributed by atoms with Gasteiger partial charge in [-0.15, -0.1) is 0 Å². The molecule has 1 heterocycles. The summed E-state index contributed by atoms with van der Waals surface area (Å²) < 4.78 is 0. The number of H-pyrrole nitrogens is 1. The van der Waals surface area contributed by atoms with Crippen LogP contribution in [0.2, 0.25) is 0 Å². The lowest BCUT2D eigenvalue weighted by Crippen LogP contribution is -2.13. The zero-order valence-electron chi connectivity index (χ0n) is 9.13. The predicted octanol–water partition coefficient (Wildman–Crippen LogP) is 2.06. The van der Waals surface area contributed by atoms with Crippen LogP contribution < -0.4 is 5.73 Å². The quantitative estimate of drug-likeness (QED) is 0.790. The van der Waals surface area contributed by atoms with Crippen molar-refractivity contribution in [3.05, 3.63) is 17.0 Å². The van der Waals surface area contributed by atoms with E-state index in [2.05, 4.69) is 10.2 Å². The molecule has 1 aromatic heterocycles. The van der Waals surface area contributed by atoms with Crippen molar-refractivity contribution in [2.45, 2.75) is 50.4 Å². The van der Waals surface area contributed by atoms with Gasteiger partial charge in [0.15, 0.2) is 0 Å². The summed E-state index contributed by atoms with van der Waals surface area (Å²) in [6.07, 6.45) is 7.71. The zero-order valence-corrected chi connectivity index (χ0v) is 9.13. The molecule has 0 amide bonds. The van der Waals surface area contributed by atoms with Crippen LogP contribution in [-0.4, -0.2) is 16.7 Å².